The Balaban J connectivity index is 1.69. The lowest BCUT2D eigenvalue weighted by Gasteiger charge is -2.10. The zero-order valence-electron chi connectivity index (χ0n) is 13.3. The van der Waals surface area contributed by atoms with Crippen LogP contribution in [0.2, 0.25) is 0 Å². The van der Waals surface area contributed by atoms with Gasteiger partial charge in [-0.2, -0.15) is 0 Å². The zero-order chi connectivity index (χ0) is 16.5. The van der Waals surface area contributed by atoms with Gasteiger partial charge in [-0.05, 0) is 54.8 Å². The van der Waals surface area contributed by atoms with E-state index in [2.05, 4.69) is 21.4 Å². The van der Waals surface area contributed by atoms with E-state index in [0.29, 0.717) is 12.1 Å². The monoisotopic (exact) mass is 315 g/mol. The number of pyridine rings is 2. The lowest BCUT2D eigenvalue weighted by Crippen LogP contribution is -2.15. The number of aromatic nitrogens is 2. The summed E-state index contributed by atoms with van der Waals surface area (Å²) in [6.45, 7) is 2.51. The molecular weight excluding hydrogens is 298 g/mol. The highest BCUT2D eigenvalue weighted by Gasteiger charge is 2.05. The van der Waals surface area contributed by atoms with Crippen molar-refractivity contribution < 1.29 is 0 Å². The number of nitrogens with one attached hydrogen (secondary N) is 2. The van der Waals surface area contributed by atoms with Gasteiger partial charge in [0.2, 0.25) is 0 Å². The number of fused-ring (bicyclic) bond motifs is 2. The van der Waals surface area contributed by atoms with Crippen LogP contribution in [-0.4, -0.2) is 9.97 Å². The molecule has 0 amide bonds. The van der Waals surface area contributed by atoms with Gasteiger partial charge >= 0.3 is 0 Å². The Morgan fingerprint density at radius 2 is 2.00 bits per heavy atom. The molecule has 2 heterocycles. The van der Waals surface area contributed by atoms with Crippen molar-refractivity contribution in [2.24, 2.45) is 0 Å². The molecular formula is C20H17N3O. The molecule has 0 atom stereocenters. The Labute approximate surface area is 139 Å². The molecule has 0 spiro atoms. The van der Waals surface area contributed by atoms with Crippen LogP contribution < -0.4 is 10.9 Å². The first kappa shape index (κ1) is 14.5. The van der Waals surface area contributed by atoms with Crippen molar-refractivity contribution >= 4 is 27.5 Å². The highest BCUT2D eigenvalue weighted by Crippen LogP contribution is 2.22. The minimum Gasteiger partial charge on any atom is -0.380 e. The molecule has 4 rings (SSSR count). The predicted molar refractivity (Wildman–Crippen MR) is 98.4 cm³/mol. The molecule has 0 aliphatic carbocycles. The SMILES string of the molecule is Cc1ccc2[nH]c(=O)c(CNc3cccc4ncccc34)cc2c1. The highest BCUT2D eigenvalue weighted by atomic mass is 16.1. The summed E-state index contributed by atoms with van der Waals surface area (Å²) in [5.41, 5.74) is 4.61. The molecule has 0 bridgehead atoms. The topological polar surface area (TPSA) is 57.8 Å². The van der Waals surface area contributed by atoms with Crippen molar-refractivity contribution in [2.45, 2.75) is 13.5 Å². The number of benzene rings is 2. The van der Waals surface area contributed by atoms with Crippen molar-refractivity contribution in [1.29, 1.82) is 0 Å². The smallest absolute Gasteiger partial charge is 0.253 e. The third kappa shape index (κ3) is 2.63. The number of hydrogen-bond acceptors (Lipinski definition) is 3. The maximum atomic E-state index is 12.3. The van der Waals surface area contributed by atoms with Crippen molar-refractivity contribution in [1.82, 2.24) is 9.97 Å². The molecule has 0 aliphatic heterocycles. The number of nitrogens with zero attached hydrogens (tertiary/aromatic N) is 1. The number of aryl methyl sites for hydroxylation is 1. The van der Waals surface area contributed by atoms with Crippen LogP contribution in [0.15, 0.2) is 65.6 Å². The average molecular weight is 315 g/mol. The van der Waals surface area contributed by atoms with Gasteiger partial charge in [0.1, 0.15) is 0 Å². The lowest BCUT2D eigenvalue weighted by atomic mass is 10.1. The molecule has 0 saturated heterocycles. The van der Waals surface area contributed by atoms with E-state index < -0.39 is 0 Å². The predicted octanol–water partition coefficient (Wildman–Crippen LogP) is 4.00. The summed E-state index contributed by atoms with van der Waals surface area (Å²) in [7, 11) is 0. The van der Waals surface area contributed by atoms with Crippen molar-refractivity contribution in [2.75, 3.05) is 5.32 Å². The lowest BCUT2D eigenvalue weighted by molar-refractivity contribution is 1.09. The Morgan fingerprint density at radius 3 is 2.92 bits per heavy atom. The van der Waals surface area contributed by atoms with Crippen molar-refractivity contribution in [3.05, 3.63) is 82.3 Å². The summed E-state index contributed by atoms with van der Waals surface area (Å²) in [5.74, 6) is 0. The summed E-state index contributed by atoms with van der Waals surface area (Å²) in [6.07, 6.45) is 1.78. The molecule has 2 aromatic heterocycles. The first-order valence-corrected chi connectivity index (χ1v) is 7.91. The molecule has 118 valence electrons. The molecule has 0 radical (unpaired) electrons. The van der Waals surface area contributed by atoms with Gasteiger partial charge in [-0.15, -0.1) is 0 Å². The average Bonchev–Trinajstić information content (AvgIpc) is 2.60. The molecule has 2 N–H and O–H groups in total. The Bertz CT molecular complexity index is 1090. The summed E-state index contributed by atoms with van der Waals surface area (Å²) >= 11 is 0. The van der Waals surface area contributed by atoms with Crippen LogP contribution in [0, 0.1) is 6.92 Å². The van der Waals surface area contributed by atoms with Gasteiger partial charge in [0.25, 0.3) is 5.56 Å². The molecule has 4 aromatic rings. The Morgan fingerprint density at radius 1 is 1.08 bits per heavy atom. The first-order chi connectivity index (χ1) is 11.7. The van der Waals surface area contributed by atoms with Crippen LogP contribution in [0.4, 0.5) is 5.69 Å². The summed E-state index contributed by atoms with van der Waals surface area (Å²) in [6, 6.07) is 17.9. The Hall–Kier alpha value is -3.14. The summed E-state index contributed by atoms with van der Waals surface area (Å²) < 4.78 is 0. The maximum Gasteiger partial charge on any atom is 0.253 e. The zero-order valence-corrected chi connectivity index (χ0v) is 13.3. The minimum absolute atomic E-state index is 0.0581. The fraction of sp³-hybridized carbons (Fsp3) is 0.100. The fourth-order valence-corrected chi connectivity index (χ4v) is 2.95. The fourth-order valence-electron chi connectivity index (χ4n) is 2.95. The van der Waals surface area contributed by atoms with E-state index >= 15 is 0 Å². The largest absolute Gasteiger partial charge is 0.380 e. The van der Waals surface area contributed by atoms with E-state index in [4.69, 9.17) is 0 Å². The highest BCUT2D eigenvalue weighted by molar-refractivity contribution is 5.91. The molecule has 2 aromatic carbocycles. The molecule has 0 saturated carbocycles. The number of aromatic amines is 1. The van der Waals surface area contributed by atoms with E-state index in [9.17, 15) is 4.79 Å². The van der Waals surface area contributed by atoms with Crippen LogP contribution in [0.1, 0.15) is 11.1 Å². The quantitative estimate of drug-likeness (QED) is 0.601. The second kappa shape index (κ2) is 5.81. The van der Waals surface area contributed by atoms with Crippen molar-refractivity contribution in [3.8, 4) is 0 Å². The van der Waals surface area contributed by atoms with Crippen LogP contribution in [-0.2, 0) is 6.54 Å². The van der Waals surface area contributed by atoms with Gasteiger partial charge in [-0.1, -0.05) is 17.7 Å². The van der Waals surface area contributed by atoms with Gasteiger partial charge < -0.3 is 10.3 Å². The second-order valence-corrected chi connectivity index (χ2v) is 5.94. The normalized spacial score (nSPS) is 11.0. The van der Waals surface area contributed by atoms with E-state index in [0.717, 1.165) is 27.5 Å². The van der Waals surface area contributed by atoms with E-state index in [1.807, 2.05) is 55.5 Å². The standard InChI is InChI=1S/C20H17N3O/c1-13-7-8-17-14(10-13)11-15(20(24)23-17)12-22-19-6-2-5-18-16(19)4-3-9-21-18/h2-11,22H,12H2,1H3,(H,23,24). The van der Waals surface area contributed by atoms with E-state index in [1.165, 1.54) is 5.56 Å². The molecule has 4 heteroatoms. The van der Waals surface area contributed by atoms with Gasteiger partial charge in [-0.25, -0.2) is 0 Å². The van der Waals surface area contributed by atoms with E-state index in [-0.39, 0.29) is 5.56 Å². The molecule has 24 heavy (non-hydrogen) atoms. The number of H-pyrrole nitrogens is 1. The third-order valence-corrected chi connectivity index (χ3v) is 4.19. The second-order valence-electron chi connectivity index (χ2n) is 5.94. The van der Waals surface area contributed by atoms with Gasteiger partial charge in [0.15, 0.2) is 0 Å². The number of hydrogen-bond donors (Lipinski definition) is 2. The van der Waals surface area contributed by atoms with Gasteiger partial charge in [-0.3, -0.25) is 9.78 Å². The van der Waals surface area contributed by atoms with E-state index in [1.54, 1.807) is 6.20 Å². The molecule has 4 nitrogen and oxygen atoms in total. The Kier molecular flexibility index (Phi) is 3.50. The maximum absolute atomic E-state index is 12.3. The van der Waals surface area contributed by atoms with Crippen molar-refractivity contribution in [3.63, 3.8) is 0 Å². The molecule has 0 fully saturated rings. The number of anilines is 1. The summed E-state index contributed by atoms with van der Waals surface area (Å²) in [4.78, 5) is 19.6. The minimum atomic E-state index is -0.0581. The third-order valence-electron chi connectivity index (χ3n) is 4.19. The van der Waals surface area contributed by atoms with Crippen LogP contribution in [0.3, 0.4) is 0 Å². The van der Waals surface area contributed by atoms with Gasteiger partial charge in [0.05, 0.1) is 5.52 Å². The number of rotatable bonds is 3. The van der Waals surface area contributed by atoms with Crippen LogP contribution in [0.5, 0.6) is 0 Å². The van der Waals surface area contributed by atoms with Gasteiger partial charge in [0, 0.05) is 34.9 Å². The molecule has 0 aliphatic rings. The van der Waals surface area contributed by atoms with Crippen LogP contribution >= 0.6 is 0 Å². The van der Waals surface area contributed by atoms with Crippen LogP contribution in [0.25, 0.3) is 21.8 Å². The first-order valence-electron chi connectivity index (χ1n) is 7.91. The summed E-state index contributed by atoms with van der Waals surface area (Å²) in [5, 5.41) is 5.46. The molecule has 0 unspecified atom stereocenters.